The highest BCUT2D eigenvalue weighted by atomic mass is 16.4. The molecule has 7 heteroatoms. The van der Waals surface area contributed by atoms with Crippen LogP contribution >= 0.6 is 0 Å². The number of rotatable bonds is 3. The zero-order valence-corrected chi connectivity index (χ0v) is 15.6. The molecule has 0 radical (unpaired) electrons. The summed E-state index contributed by atoms with van der Waals surface area (Å²) in [5.74, 6) is 0.670. The lowest BCUT2D eigenvalue weighted by atomic mass is 9.92. The molecule has 1 aliphatic heterocycles. The molecule has 0 spiro atoms. The van der Waals surface area contributed by atoms with Gasteiger partial charge in [0.2, 0.25) is 5.82 Å². The van der Waals surface area contributed by atoms with Crippen LogP contribution in [0.25, 0.3) is 0 Å². The molecular weight excluding hydrogens is 320 g/mol. The molecule has 2 N–H and O–H groups in total. The van der Waals surface area contributed by atoms with Gasteiger partial charge in [0.25, 0.3) is 0 Å². The zero-order valence-electron chi connectivity index (χ0n) is 15.6. The van der Waals surface area contributed by atoms with Crippen molar-refractivity contribution in [1.82, 2.24) is 19.7 Å². The Kier molecular flexibility index (Phi) is 5.67. The highest BCUT2D eigenvalue weighted by Crippen LogP contribution is 2.25. The number of pyridine rings is 1. The van der Waals surface area contributed by atoms with Gasteiger partial charge in [0, 0.05) is 18.8 Å². The van der Waals surface area contributed by atoms with Crippen molar-refractivity contribution in [3.8, 4) is 0 Å². The number of carbonyl (C=O) groups excluding carboxylic acids is 1. The highest BCUT2D eigenvalue weighted by Gasteiger charge is 2.44. The first-order valence-corrected chi connectivity index (χ1v) is 8.71. The predicted molar refractivity (Wildman–Crippen MR) is 97.6 cm³/mol. The van der Waals surface area contributed by atoms with E-state index < -0.39 is 6.09 Å². The SMILES string of the molecule is Cc1ccc([N+]2(C(=O)NCCC(C)(C)C)CCN(C(=O)O)CC2)nc1. The molecule has 0 aromatic carbocycles. The van der Waals surface area contributed by atoms with Gasteiger partial charge in [-0.25, -0.2) is 14.6 Å². The molecule has 1 saturated heterocycles. The number of nitrogens with one attached hydrogen (secondary N) is 1. The number of quaternary nitrogens is 1. The summed E-state index contributed by atoms with van der Waals surface area (Å²) in [4.78, 5) is 30.0. The standard InChI is InChI=1S/C18H28N4O3/c1-14-5-6-15(20-13-14)22(11-9-21(10-12-22)17(24)25)16(23)19-8-7-18(2,3)4/h5-6,13H,7-12H2,1-4H3,(H-,19,23,24,25)/p+1. The molecule has 2 rings (SSSR count). The van der Waals surface area contributed by atoms with E-state index in [1.54, 1.807) is 6.20 Å². The lowest BCUT2D eigenvalue weighted by Crippen LogP contribution is -2.67. The summed E-state index contributed by atoms with van der Waals surface area (Å²) in [6, 6.07) is 3.70. The predicted octanol–water partition coefficient (Wildman–Crippen LogP) is 2.84. The molecule has 0 unspecified atom stereocenters. The molecule has 1 aromatic heterocycles. The smallest absolute Gasteiger partial charge is 0.423 e. The summed E-state index contributed by atoms with van der Waals surface area (Å²) in [7, 11) is 0. The second-order valence-corrected chi connectivity index (χ2v) is 7.92. The third kappa shape index (κ3) is 4.69. The van der Waals surface area contributed by atoms with Crippen molar-refractivity contribution in [1.29, 1.82) is 0 Å². The Bertz CT molecular complexity index is 614. The first-order valence-electron chi connectivity index (χ1n) is 8.71. The topological polar surface area (TPSA) is 82.5 Å². The fourth-order valence-electron chi connectivity index (χ4n) is 2.94. The van der Waals surface area contributed by atoms with Crippen molar-refractivity contribution >= 4 is 17.9 Å². The van der Waals surface area contributed by atoms with Crippen LogP contribution in [0.3, 0.4) is 0 Å². The van der Waals surface area contributed by atoms with Gasteiger partial charge in [-0.1, -0.05) is 26.8 Å². The molecule has 0 bridgehead atoms. The number of nitrogens with zero attached hydrogens (tertiary/aromatic N) is 3. The van der Waals surface area contributed by atoms with Crippen LogP contribution in [0.4, 0.5) is 15.4 Å². The monoisotopic (exact) mass is 349 g/mol. The van der Waals surface area contributed by atoms with E-state index in [0.29, 0.717) is 38.5 Å². The number of aryl methyl sites for hydroxylation is 1. The Morgan fingerprint density at radius 1 is 1.28 bits per heavy atom. The molecule has 1 fully saturated rings. The number of aromatic nitrogens is 1. The van der Waals surface area contributed by atoms with E-state index in [4.69, 9.17) is 0 Å². The molecule has 0 atom stereocenters. The van der Waals surface area contributed by atoms with Gasteiger partial charge < -0.3 is 10.4 Å². The van der Waals surface area contributed by atoms with Crippen molar-refractivity contribution in [2.24, 2.45) is 5.41 Å². The number of hydrogen-bond donors (Lipinski definition) is 2. The van der Waals surface area contributed by atoms with Crippen LogP contribution in [-0.2, 0) is 0 Å². The van der Waals surface area contributed by atoms with Crippen LogP contribution in [0.5, 0.6) is 0 Å². The average molecular weight is 349 g/mol. The van der Waals surface area contributed by atoms with E-state index in [9.17, 15) is 14.7 Å². The van der Waals surface area contributed by atoms with Crippen LogP contribution in [0.2, 0.25) is 0 Å². The zero-order chi connectivity index (χ0) is 18.7. The number of urea groups is 1. The van der Waals surface area contributed by atoms with Gasteiger partial charge in [-0.05, 0) is 24.3 Å². The molecule has 0 aliphatic carbocycles. The van der Waals surface area contributed by atoms with Crippen LogP contribution in [0, 0.1) is 12.3 Å². The lowest BCUT2D eigenvalue weighted by molar-refractivity contribution is 0.111. The van der Waals surface area contributed by atoms with E-state index in [1.807, 2.05) is 19.1 Å². The second-order valence-electron chi connectivity index (χ2n) is 7.92. The maximum atomic E-state index is 13.0. The number of carbonyl (C=O) groups is 2. The molecule has 1 aliphatic rings. The minimum absolute atomic E-state index is 0.0498. The van der Waals surface area contributed by atoms with Gasteiger partial charge in [-0.15, -0.1) is 0 Å². The average Bonchev–Trinajstić information content (AvgIpc) is 2.54. The number of carboxylic acid groups (broad SMARTS) is 1. The van der Waals surface area contributed by atoms with Crippen molar-refractivity contribution in [3.63, 3.8) is 0 Å². The summed E-state index contributed by atoms with van der Waals surface area (Å²) >= 11 is 0. The number of amides is 3. The van der Waals surface area contributed by atoms with Crippen LogP contribution in [-0.4, -0.2) is 59.8 Å². The van der Waals surface area contributed by atoms with Crippen molar-refractivity contribution < 1.29 is 14.7 Å². The summed E-state index contributed by atoms with van der Waals surface area (Å²) in [5.41, 5.74) is 1.17. The molecule has 0 saturated carbocycles. The third-order valence-electron chi connectivity index (χ3n) is 4.65. The maximum absolute atomic E-state index is 13.0. The maximum Gasteiger partial charge on any atom is 0.423 e. The van der Waals surface area contributed by atoms with E-state index in [0.717, 1.165) is 12.0 Å². The number of hydrogen-bond acceptors (Lipinski definition) is 3. The van der Waals surface area contributed by atoms with Crippen LogP contribution in [0.1, 0.15) is 32.8 Å². The lowest BCUT2D eigenvalue weighted by Gasteiger charge is -2.40. The molecule has 1 aromatic rings. The van der Waals surface area contributed by atoms with Gasteiger partial charge >= 0.3 is 12.1 Å². The van der Waals surface area contributed by atoms with Gasteiger partial charge in [0.1, 0.15) is 13.1 Å². The normalized spacial score (nSPS) is 17.2. The Hall–Kier alpha value is -2.15. The number of piperazine rings is 1. The third-order valence-corrected chi connectivity index (χ3v) is 4.65. The molecular formula is C18H29N4O3+. The molecule has 7 nitrogen and oxygen atoms in total. The second kappa shape index (κ2) is 7.39. The van der Waals surface area contributed by atoms with E-state index in [-0.39, 0.29) is 15.9 Å². The summed E-state index contributed by atoms with van der Waals surface area (Å²) < 4.78 is 0.0498. The Morgan fingerprint density at radius 2 is 1.92 bits per heavy atom. The van der Waals surface area contributed by atoms with Crippen molar-refractivity contribution in [2.75, 3.05) is 32.7 Å². The molecule has 3 amide bonds. The van der Waals surface area contributed by atoms with Crippen molar-refractivity contribution in [2.45, 2.75) is 34.1 Å². The summed E-state index contributed by atoms with van der Waals surface area (Å²) in [5, 5.41) is 12.2. The van der Waals surface area contributed by atoms with Gasteiger partial charge in [0.05, 0.1) is 13.1 Å². The van der Waals surface area contributed by atoms with Crippen LogP contribution < -0.4 is 9.80 Å². The van der Waals surface area contributed by atoms with Crippen molar-refractivity contribution in [3.05, 3.63) is 23.9 Å². The van der Waals surface area contributed by atoms with Gasteiger partial charge in [-0.3, -0.25) is 4.90 Å². The van der Waals surface area contributed by atoms with E-state index in [1.165, 1.54) is 4.90 Å². The Labute approximate surface area is 149 Å². The van der Waals surface area contributed by atoms with E-state index >= 15 is 0 Å². The Morgan fingerprint density at radius 3 is 2.40 bits per heavy atom. The molecule has 25 heavy (non-hydrogen) atoms. The van der Waals surface area contributed by atoms with E-state index in [2.05, 4.69) is 31.1 Å². The highest BCUT2D eigenvalue weighted by molar-refractivity contribution is 5.86. The minimum Gasteiger partial charge on any atom is -0.465 e. The summed E-state index contributed by atoms with van der Waals surface area (Å²) in [6.07, 6.45) is 1.69. The Balaban J connectivity index is 2.19. The fourth-order valence-corrected chi connectivity index (χ4v) is 2.94. The van der Waals surface area contributed by atoms with Gasteiger partial charge in [0.15, 0.2) is 0 Å². The molecule has 2 heterocycles. The fraction of sp³-hybridized carbons (Fsp3) is 0.611. The molecule has 138 valence electrons. The minimum atomic E-state index is -0.942. The van der Waals surface area contributed by atoms with Crippen LogP contribution in [0.15, 0.2) is 18.3 Å². The van der Waals surface area contributed by atoms with Gasteiger partial charge in [-0.2, -0.15) is 4.48 Å². The first-order chi connectivity index (χ1) is 11.6. The first kappa shape index (κ1) is 19.2. The quantitative estimate of drug-likeness (QED) is 0.822. The summed E-state index contributed by atoms with van der Waals surface area (Å²) in [6.45, 7) is 10.4. The largest absolute Gasteiger partial charge is 0.465 e.